The number of rotatable bonds is 6. The van der Waals surface area contributed by atoms with Crippen LogP contribution >= 0.6 is 11.6 Å². The van der Waals surface area contributed by atoms with Gasteiger partial charge in [0.05, 0.1) is 31.6 Å². The van der Waals surface area contributed by atoms with E-state index in [4.69, 9.17) is 21.1 Å². The monoisotopic (exact) mass is 385 g/mol. The van der Waals surface area contributed by atoms with Gasteiger partial charge in [0.25, 0.3) is 5.91 Å². The maximum atomic E-state index is 12.6. The van der Waals surface area contributed by atoms with Crippen LogP contribution in [0.1, 0.15) is 28.9 Å². The van der Waals surface area contributed by atoms with Crippen molar-refractivity contribution in [2.24, 2.45) is 0 Å². The maximum Gasteiger partial charge on any atom is 0.251 e. The van der Waals surface area contributed by atoms with E-state index in [0.29, 0.717) is 22.1 Å². The largest absolute Gasteiger partial charge is 0.493 e. The minimum Gasteiger partial charge on any atom is -0.493 e. The second kappa shape index (κ2) is 8.14. The first kappa shape index (κ1) is 18.8. The van der Waals surface area contributed by atoms with Crippen LogP contribution < -0.4 is 14.8 Å². The Kier molecular flexibility index (Phi) is 5.66. The lowest BCUT2D eigenvalue weighted by atomic mass is 10.1. The summed E-state index contributed by atoms with van der Waals surface area (Å²) in [6.07, 6.45) is 5.34. The standard InChI is InChI=1S/C20H20ClN3O3/c1-13(14-4-6-16(7-5-14)24-9-8-22-12-24)23-20(25)15-10-17(21)19(27-3)18(11-15)26-2/h4-13H,1-3H3,(H,23,25)/t13-/m0/s1. The van der Waals surface area contributed by atoms with Gasteiger partial charge in [0.2, 0.25) is 0 Å². The molecule has 0 saturated heterocycles. The Balaban J connectivity index is 1.75. The van der Waals surface area contributed by atoms with E-state index in [2.05, 4.69) is 10.3 Å². The van der Waals surface area contributed by atoms with Crippen LogP contribution in [0.15, 0.2) is 55.1 Å². The van der Waals surface area contributed by atoms with Gasteiger partial charge in [0.1, 0.15) is 0 Å². The molecule has 1 heterocycles. The summed E-state index contributed by atoms with van der Waals surface area (Å²) in [5.74, 6) is 0.565. The van der Waals surface area contributed by atoms with Crippen LogP contribution in [0.4, 0.5) is 0 Å². The second-order valence-corrected chi connectivity index (χ2v) is 6.36. The zero-order valence-corrected chi connectivity index (χ0v) is 16.0. The highest BCUT2D eigenvalue weighted by molar-refractivity contribution is 6.32. The Morgan fingerprint density at radius 1 is 1.19 bits per heavy atom. The zero-order chi connectivity index (χ0) is 19.4. The maximum absolute atomic E-state index is 12.6. The van der Waals surface area contributed by atoms with Crippen LogP contribution in [0.2, 0.25) is 5.02 Å². The summed E-state index contributed by atoms with van der Waals surface area (Å²) in [6.45, 7) is 1.92. The third-order valence-electron chi connectivity index (χ3n) is 4.24. The van der Waals surface area contributed by atoms with Gasteiger partial charge in [-0.05, 0) is 36.8 Å². The molecule has 1 atom stereocenters. The number of nitrogens with zero attached hydrogens (tertiary/aromatic N) is 2. The number of halogens is 1. The molecule has 27 heavy (non-hydrogen) atoms. The summed E-state index contributed by atoms with van der Waals surface area (Å²) in [7, 11) is 3.00. The highest BCUT2D eigenvalue weighted by atomic mass is 35.5. The number of amides is 1. The number of benzene rings is 2. The number of aromatic nitrogens is 2. The van der Waals surface area contributed by atoms with Gasteiger partial charge in [0, 0.05) is 23.6 Å². The van der Waals surface area contributed by atoms with Crippen molar-refractivity contribution in [1.82, 2.24) is 14.9 Å². The molecule has 0 aliphatic rings. The second-order valence-electron chi connectivity index (χ2n) is 5.95. The molecule has 1 N–H and O–H groups in total. The van der Waals surface area contributed by atoms with Crippen LogP contribution in [-0.4, -0.2) is 29.7 Å². The lowest BCUT2D eigenvalue weighted by Gasteiger charge is -2.16. The van der Waals surface area contributed by atoms with Gasteiger partial charge in [-0.2, -0.15) is 0 Å². The van der Waals surface area contributed by atoms with Crippen LogP contribution in [0.25, 0.3) is 5.69 Å². The van der Waals surface area contributed by atoms with Gasteiger partial charge in [0.15, 0.2) is 11.5 Å². The summed E-state index contributed by atoms with van der Waals surface area (Å²) in [4.78, 5) is 16.7. The number of methoxy groups -OCH3 is 2. The topological polar surface area (TPSA) is 65.4 Å². The van der Waals surface area contributed by atoms with E-state index in [1.807, 2.05) is 42.0 Å². The summed E-state index contributed by atoms with van der Waals surface area (Å²) >= 11 is 6.18. The first-order chi connectivity index (χ1) is 13.0. The zero-order valence-electron chi connectivity index (χ0n) is 15.3. The lowest BCUT2D eigenvalue weighted by Crippen LogP contribution is -2.26. The molecule has 0 aliphatic heterocycles. The van der Waals surface area contributed by atoms with Gasteiger partial charge >= 0.3 is 0 Å². The molecule has 3 rings (SSSR count). The van der Waals surface area contributed by atoms with Crippen LogP contribution in [-0.2, 0) is 0 Å². The lowest BCUT2D eigenvalue weighted by molar-refractivity contribution is 0.0939. The predicted molar refractivity (Wildman–Crippen MR) is 104 cm³/mol. The van der Waals surface area contributed by atoms with Crippen LogP contribution in [0, 0.1) is 0 Å². The summed E-state index contributed by atoms with van der Waals surface area (Å²) < 4.78 is 12.4. The van der Waals surface area contributed by atoms with E-state index in [1.54, 1.807) is 24.7 Å². The predicted octanol–water partition coefficient (Wildman–Crippen LogP) is 4.03. The molecule has 7 heteroatoms. The number of carbonyl (C=O) groups excluding carboxylic acids is 1. The molecule has 3 aromatic rings. The molecule has 0 saturated carbocycles. The highest BCUT2D eigenvalue weighted by Gasteiger charge is 2.17. The van der Waals surface area contributed by atoms with E-state index in [1.165, 1.54) is 14.2 Å². The summed E-state index contributed by atoms with van der Waals surface area (Å²) in [5.41, 5.74) is 2.39. The molecule has 140 valence electrons. The fraction of sp³-hybridized carbons (Fsp3) is 0.200. The van der Waals surface area contributed by atoms with Crippen LogP contribution in [0.3, 0.4) is 0 Å². The quantitative estimate of drug-likeness (QED) is 0.695. The van der Waals surface area contributed by atoms with Crippen molar-refractivity contribution < 1.29 is 14.3 Å². The fourth-order valence-electron chi connectivity index (χ4n) is 2.76. The third kappa shape index (κ3) is 4.06. The molecular weight excluding hydrogens is 366 g/mol. The van der Waals surface area contributed by atoms with Crippen molar-refractivity contribution >= 4 is 17.5 Å². The minimum atomic E-state index is -0.246. The summed E-state index contributed by atoms with van der Waals surface area (Å²) in [5, 5.41) is 3.29. The molecule has 2 aromatic carbocycles. The van der Waals surface area contributed by atoms with Crippen LogP contribution in [0.5, 0.6) is 11.5 Å². The van der Waals surface area contributed by atoms with Gasteiger partial charge in [-0.1, -0.05) is 23.7 Å². The molecule has 1 aromatic heterocycles. The average Bonchev–Trinajstić information content (AvgIpc) is 3.22. The molecule has 0 unspecified atom stereocenters. The number of hydrogen-bond acceptors (Lipinski definition) is 4. The molecule has 0 fully saturated rings. The van der Waals surface area contributed by atoms with E-state index < -0.39 is 0 Å². The Bertz CT molecular complexity index is 924. The Morgan fingerprint density at radius 3 is 2.52 bits per heavy atom. The first-order valence-corrected chi connectivity index (χ1v) is 8.72. The van der Waals surface area contributed by atoms with Gasteiger partial charge in [-0.15, -0.1) is 0 Å². The van der Waals surface area contributed by atoms with Crippen molar-refractivity contribution in [2.75, 3.05) is 14.2 Å². The Morgan fingerprint density at radius 2 is 1.93 bits per heavy atom. The summed E-state index contributed by atoms with van der Waals surface area (Å²) in [6, 6.07) is 10.9. The first-order valence-electron chi connectivity index (χ1n) is 8.34. The SMILES string of the molecule is COc1cc(C(=O)N[C@@H](C)c2ccc(-n3ccnc3)cc2)cc(Cl)c1OC. The fourth-order valence-corrected chi connectivity index (χ4v) is 3.05. The van der Waals surface area contributed by atoms with E-state index >= 15 is 0 Å². The number of imidazole rings is 1. The average molecular weight is 386 g/mol. The number of nitrogens with one attached hydrogen (secondary N) is 1. The number of hydrogen-bond donors (Lipinski definition) is 1. The molecule has 0 bridgehead atoms. The third-order valence-corrected chi connectivity index (χ3v) is 4.52. The highest BCUT2D eigenvalue weighted by Crippen LogP contribution is 2.36. The smallest absolute Gasteiger partial charge is 0.251 e. The Labute approximate surface area is 162 Å². The molecule has 0 radical (unpaired) electrons. The molecule has 1 amide bonds. The molecule has 0 aliphatic carbocycles. The van der Waals surface area contributed by atoms with E-state index in [-0.39, 0.29) is 11.9 Å². The van der Waals surface area contributed by atoms with Gasteiger partial charge in [-0.25, -0.2) is 4.98 Å². The Hall–Kier alpha value is -2.99. The van der Waals surface area contributed by atoms with Gasteiger partial charge in [-0.3, -0.25) is 4.79 Å². The van der Waals surface area contributed by atoms with E-state index in [0.717, 1.165) is 11.3 Å². The van der Waals surface area contributed by atoms with Gasteiger partial charge < -0.3 is 19.4 Å². The molecule has 0 spiro atoms. The van der Waals surface area contributed by atoms with Crippen molar-refractivity contribution in [1.29, 1.82) is 0 Å². The number of carbonyl (C=O) groups is 1. The van der Waals surface area contributed by atoms with Crippen molar-refractivity contribution in [3.8, 4) is 17.2 Å². The minimum absolute atomic E-state index is 0.179. The molecule has 6 nitrogen and oxygen atoms in total. The van der Waals surface area contributed by atoms with Crippen molar-refractivity contribution in [2.45, 2.75) is 13.0 Å². The number of ether oxygens (including phenoxy) is 2. The normalized spacial score (nSPS) is 11.7. The van der Waals surface area contributed by atoms with E-state index in [9.17, 15) is 4.79 Å². The molecular formula is C20H20ClN3O3. The van der Waals surface area contributed by atoms with Crippen molar-refractivity contribution in [3.63, 3.8) is 0 Å². The van der Waals surface area contributed by atoms with Crippen molar-refractivity contribution in [3.05, 3.63) is 71.3 Å².